The van der Waals surface area contributed by atoms with Gasteiger partial charge < -0.3 is 14.8 Å². The SMILES string of the molecule is CCOc1cccc(C(=O)NCCOc2cccc(C)c2C)c1. The molecule has 2 aromatic carbocycles. The van der Waals surface area contributed by atoms with Crippen LogP contribution in [0.5, 0.6) is 11.5 Å². The molecule has 0 heterocycles. The summed E-state index contributed by atoms with van der Waals surface area (Å²) in [6.45, 7) is 7.45. The smallest absolute Gasteiger partial charge is 0.251 e. The second kappa shape index (κ2) is 8.22. The molecule has 2 aromatic rings. The molecule has 1 N–H and O–H groups in total. The van der Waals surface area contributed by atoms with Crippen LogP contribution >= 0.6 is 0 Å². The number of nitrogens with one attached hydrogen (secondary N) is 1. The van der Waals surface area contributed by atoms with E-state index in [9.17, 15) is 4.79 Å². The highest BCUT2D eigenvalue weighted by atomic mass is 16.5. The zero-order valence-electron chi connectivity index (χ0n) is 13.9. The maximum atomic E-state index is 12.1. The maximum Gasteiger partial charge on any atom is 0.251 e. The number of amides is 1. The summed E-state index contributed by atoms with van der Waals surface area (Å²) >= 11 is 0. The van der Waals surface area contributed by atoms with Gasteiger partial charge in [-0.15, -0.1) is 0 Å². The van der Waals surface area contributed by atoms with Gasteiger partial charge >= 0.3 is 0 Å². The number of carbonyl (C=O) groups is 1. The van der Waals surface area contributed by atoms with Crippen molar-refractivity contribution >= 4 is 5.91 Å². The standard InChI is InChI=1S/C19H23NO3/c1-4-22-17-9-6-8-16(13-17)19(21)20-11-12-23-18-10-5-7-14(2)15(18)3/h5-10,13H,4,11-12H2,1-3H3,(H,20,21). The quantitative estimate of drug-likeness (QED) is 0.796. The second-order valence-corrected chi connectivity index (χ2v) is 5.26. The first-order chi connectivity index (χ1) is 11.1. The van der Waals surface area contributed by atoms with E-state index in [0.29, 0.717) is 31.1 Å². The number of ether oxygens (including phenoxy) is 2. The normalized spacial score (nSPS) is 10.2. The summed E-state index contributed by atoms with van der Waals surface area (Å²) in [6, 6.07) is 13.1. The third kappa shape index (κ3) is 4.74. The van der Waals surface area contributed by atoms with Crippen LogP contribution in [0.4, 0.5) is 0 Å². The predicted octanol–water partition coefficient (Wildman–Crippen LogP) is 3.51. The molecule has 0 unspecified atom stereocenters. The van der Waals surface area contributed by atoms with Gasteiger partial charge in [0.2, 0.25) is 0 Å². The summed E-state index contributed by atoms with van der Waals surface area (Å²) in [7, 11) is 0. The molecule has 0 fully saturated rings. The van der Waals surface area contributed by atoms with E-state index in [1.807, 2.05) is 38.1 Å². The van der Waals surface area contributed by atoms with Crippen molar-refractivity contribution in [3.8, 4) is 11.5 Å². The molecule has 0 atom stereocenters. The third-order valence-corrected chi connectivity index (χ3v) is 3.61. The largest absolute Gasteiger partial charge is 0.494 e. The van der Waals surface area contributed by atoms with Crippen LogP contribution in [-0.2, 0) is 0 Å². The minimum Gasteiger partial charge on any atom is -0.494 e. The number of benzene rings is 2. The lowest BCUT2D eigenvalue weighted by Gasteiger charge is -2.11. The third-order valence-electron chi connectivity index (χ3n) is 3.61. The van der Waals surface area contributed by atoms with Gasteiger partial charge in [-0.05, 0) is 56.2 Å². The van der Waals surface area contributed by atoms with E-state index in [4.69, 9.17) is 9.47 Å². The number of rotatable bonds is 7. The summed E-state index contributed by atoms with van der Waals surface area (Å²) in [5, 5.41) is 2.85. The fourth-order valence-corrected chi connectivity index (χ4v) is 2.20. The van der Waals surface area contributed by atoms with E-state index in [-0.39, 0.29) is 5.91 Å². The molecule has 0 aromatic heterocycles. The lowest BCUT2D eigenvalue weighted by molar-refractivity contribution is 0.0946. The minimum absolute atomic E-state index is 0.129. The van der Waals surface area contributed by atoms with Crippen LogP contribution in [0.25, 0.3) is 0 Å². The zero-order valence-corrected chi connectivity index (χ0v) is 13.9. The second-order valence-electron chi connectivity index (χ2n) is 5.26. The van der Waals surface area contributed by atoms with Crippen LogP contribution in [0.3, 0.4) is 0 Å². The summed E-state index contributed by atoms with van der Waals surface area (Å²) in [5.41, 5.74) is 2.91. The van der Waals surface area contributed by atoms with Gasteiger partial charge in [-0.3, -0.25) is 4.79 Å². The van der Waals surface area contributed by atoms with Gasteiger partial charge in [0.05, 0.1) is 13.2 Å². The Balaban J connectivity index is 1.83. The van der Waals surface area contributed by atoms with E-state index < -0.39 is 0 Å². The highest BCUT2D eigenvalue weighted by molar-refractivity contribution is 5.94. The van der Waals surface area contributed by atoms with Crippen molar-refractivity contribution in [3.05, 3.63) is 59.2 Å². The molecule has 0 aliphatic heterocycles. The van der Waals surface area contributed by atoms with Crippen LogP contribution in [-0.4, -0.2) is 25.7 Å². The predicted molar refractivity (Wildman–Crippen MR) is 91.4 cm³/mol. The minimum atomic E-state index is -0.129. The highest BCUT2D eigenvalue weighted by Gasteiger charge is 2.07. The molecule has 2 rings (SSSR count). The average Bonchev–Trinajstić information content (AvgIpc) is 2.55. The highest BCUT2D eigenvalue weighted by Crippen LogP contribution is 2.20. The molecule has 0 saturated heterocycles. The van der Waals surface area contributed by atoms with Gasteiger partial charge in [-0.2, -0.15) is 0 Å². The summed E-state index contributed by atoms with van der Waals surface area (Å²) in [5.74, 6) is 1.43. The van der Waals surface area contributed by atoms with E-state index in [1.165, 1.54) is 5.56 Å². The van der Waals surface area contributed by atoms with Crippen molar-refractivity contribution < 1.29 is 14.3 Å². The molecule has 0 aliphatic carbocycles. The molecule has 0 aliphatic rings. The summed E-state index contributed by atoms with van der Waals surface area (Å²) < 4.78 is 11.1. The number of carbonyl (C=O) groups excluding carboxylic acids is 1. The molecule has 23 heavy (non-hydrogen) atoms. The zero-order chi connectivity index (χ0) is 16.7. The average molecular weight is 313 g/mol. The van der Waals surface area contributed by atoms with Gasteiger partial charge in [-0.1, -0.05) is 18.2 Å². The van der Waals surface area contributed by atoms with Gasteiger partial charge in [0.15, 0.2) is 0 Å². The Morgan fingerprint density at radius 1 is 1.09 bits per heavy atom. The Bertz CT molecular complexity index is 667. The van der Waals surface area contributed by atoms with Crippen LogP contribution < -0.4 is 14.8 Å². The van der Waals surface area contributed by atoms with Crippen molar-refractivity contribution in [1.82, 2.24) is 5.32 Å². The monoisotopic (exact) mass is 313 g/mol. The van der Waals surface area contributed by atoms with Crippen LogP contribution in [0.1, 0.15) is 28.4 Å². The number of aryl methyl sites for hydroxylation is 1. The van der Waals surface area contributed by atoms with Crippen molar-refractivity contribution in [2.45, 2.75) is 20.8 Å². The summed E-state index contributed by atoms with van der Waals surface area (Å²) in [4.78, 5) is 12.1. The van der Waals surface area contributed by atoms with Crippen LogP contribution in [0, 0.1) is 13.8 Å². The molecule has 4 nitrogen and oxygen atoms in total. The van der Waals surface area contributed by atoms with Crippen LogP contribution in [0.2, 0.25) is 0 Å². The Morgan fingerprint density at radius 3 is 2.65 bits per heavy atom. The molecular weight excluding hydrogens is 290 g/mol. The Hall–Kier alpha value is -2.49. The fourth-order valence-electron chi connectivity index (χ4n) is 2.20. The first kappa shape index (κ1) is 16.9. The van der Waals surface area contributed by atoms with Gasteiger partial charge in [0.25, 0.3) is 5.91 Å². The van der Waals surface area contributed by atoms with Gasteiger partial charge in [0.1, 0.15) is 18.1 Å². The Labute approximate surface area is 137 Å². The molecule has 0 spiro atoms. The van der Waals surface area contributed by atoms with Crippen molar-refractivity contribution in [2.75, 3.05) is 19.8 Å². The Morgan fingerprint density at radius 2 is 1.87 bits per heavy atom. The molecule has 1 amide bonds. The molecule has 4 heteroatoms. The Kier molecular flexibility index (Phi) is 6.03. The lowest BCUT2D eigenvalue weighted by atomic mass is 10.1. The summed E-state index contributed by atoms with van der Waals surface area (Å²) in [6.07, 6.45) is 0. The molecule has 122 valence electrons. The van der Waals surface area contributed by atoms with Crippen LogP contribution in [0.15, 0.2) is 42.5 Å². The number of hydrogen-bond acceptors (Lipinski definition) is 3. The fraction of sp³-hybridized carbons (Fsp3) is 0.316. The van der Waals surface area contributed by atoms with E-state index in [0.717, 1.165) is 11.3 Å². The molecule has 0 saturated carbocycles. The first-order valence-electron chi connectivity index (χ1n) is 7.82. The van der Waals surface area contributed by atoms with E-state index in [1.54, 1.807) is 12.1 Å². The van der Waals surface area contributed by atoms with E-state index in [2.05, 4.69) is 18.3 Å². The van der Waals surface area contributed by atoms with Gasteiger partial charge in [-0.25, -0.2) is 0 Å². The van der Waals surface area contributed by atoms with Gasteiger partial charge in [0, 0.05) is 5.56 Å². The van der Waals surface area contributed by atoms with Crippen molar-refractivity contribution in [2.24, 2.45) is 0 Å². The maximum absolute atomic E-state index is 12.1. The lowest BCUT2D eigenvalue weighted by Crippen LogP contribution is -2.28. The molecule has 0 radical (unpaired) electrons. The topological polar surface area (TPSA) is 47.6 Å². The van der Waals surface area contributed by atoms with Crippen molar-refractivity contribution in [3.63, 3.8) is 0 Å². The van der Waals surface area contributed by atoms with E-state index >= 15 is 0 Å². The molecule has 0 bridgehead atoms. The molecular formula is C19H23NO3. The first-order valence-corrected chi connectivity index (χ1v) is 7.82. The number of hydrogen-bond donors (Lipinski definition) is 1. The van der Waals surface area contributed by atoms with Crippen molar-refractivity contribution in [1.29, 1.82) is 0 Å².